The molecule has 0 radical (unpaired) electrons. The first-order valence-electron chi connectivity index (χ1n) is 6.83. The summed E-state index contributed by atoms with van der Waals surface area (Å²) in [6, 6.07) is 17.3. The summed E-state index contributed by atoms with van der Waals surface area (Å²) >= 11 is 0. The maximum atomic E-state index is 12.1. The van der Waals surface area contributed by atoms with Crippen molar-refractivity contribution in [2.24, 2.45) is 0 Å². The fraction of sp³-hybridized carbons (Fsp3) is 0.0556. The number of carbonyl (C=O) groups excluding carboxylic acids is 1. The van der Waals surface area contributed by atoms with Gasteiger partial charge in [0, 0.05) is 11.9 Å². The van der Waals surface area contributed by atoms with Gasteiger partial charge in [0.2, 0.25) is 0 Å². The molecular formula is C18H16NO2S-. The predicted octanol–water partition coefficient (Wildman–Crippen LogP) is 3.20. The van der Waals surface area contributed by atoms with Gasteiger partial charge in [-0.2, -0.15) is 0 Å². The smallest absolute Gasteiger partial charge is 0.287 e. The number of para-hydroxylation sites is 1. The summed E-state index contributed by atoms with van der Waals surface area (Å²) in [5, 5.41) is 3.79. The average Bonchev–Trinajstić information content (AvgIpc) is 2.97. The summed E-state index contributed by atoms with van der Waals surface area (Å²) in [6.45, 7) is 0.457. The van der Waals surface area contributed by atoms with Crippen LogP contribution in [0.2, 0.25) is 0 Å². The molecule has 22 heavy (non-hydrogen) atoms. The van der Waals surface area contributed by atoms with Gasteiger partial charge < -0.3 is 19.8 Å². The van der Waals surface area contributed by atoms with Crippen LogP contribution in [0, 0.1) is 0 Å². The van der Waals surface area contributed by atoms with Crippen LogP contribution in [0.25, 0.3) is 11.0 Å². The zero-order chi connectivity index (χ0) is 15.5. The first-order valence-corrected chi connectivity index (χ1v) is 8.39. The maximum absolute atomic E-state index is 12.1. The minimum absolute atomic E-state index is 0.214. The van der Waals surface area contributed by atoms with E-state index in [-0.39, 0.29) is 16.0 Å². The van der Waals surface area contributed by atoms with Crippen molar-refractivity contribution < 1.29 is 9.21 Å². The molecule has 0 aliphatic rings. The van der Waals surface area contributed by atoms with E-state index in [0.29, 0.717) is 12.3 Å². The van der Waals surface area contributed by atoms with Gasteiger partial charge in [0.05, 0.1) is 0 Å². The maximum Gasteiger partial charge on any atom is 0.287 e. The molecule has 0 unspecified atom stereocenters. The molecule has 0 saturated heterocycles. The molecule has 1 N–H and O–H groups in total. The lowest BCUT2D eigenvalue weighted by atomic mass is 10.2. The van der Waals surface area contributed by atoms with E-state index in [2.05, 4.69) is 17.1 Å². The van der Waals surface area contributed by atoms with Gasteiger partial charge in [-0.15, -0.1) is 4.90 Å². The second-order valence-electron chi connectivity index (χ2n) is 4.97. The molecular weight excluding hydrogens is 294 g/mol. The normalized spacial score (nSPS) is 11.0. The van der Waals surface area contributed by atoms with E-state index in [0.717, 1.165) is 21.4 Å². The topological polar surface area (TPSA) is 42.2 Å². The number of carbonyl (C=O) groups is 1. The van der Waals surface area contributed by atoms with E-state index < -0.39 is 0 Å². The minimum atomic E-state index is -0.241. The summed E-state index contributed by atoms with van der Waals surface area (Å²) in [5.41, 5.74) is 1.74. The van der Waals surface area contributed by atoms with Gasteiger partial charge in [0.25, 0.3) is 5.91 Å². The number of nitrogens with one attached hydrogen (secondary N) is 1. The summed E-state index contributed by atoms with van der Waals surface area (Å²) < 4.78 is 5.54. The zero-order valence-electron chi connectivity index (χ0n) is 12.0. The van der Waals surface area contributed by atoms with Gasteiger partial charge in [-0.3, -0.25) is 4.79 Å². The molecule has 0 atom stereocenters. The van der Waals surface area contributed by atoms with Crippen molar-refractivity contribution in [1.82, 2.24) is 5.32 Å². The fourth-order valence-electron chi connectivity index (χ4n) is 2.16. The summed E-state index contributed by atoms with van der Waals surface area (Å²) in [4.78, 5) is 13.2. The predicted molar refractivity (Wildman–Crippen MR) is 93.7 cm³/mol. The Hall–Kier alpha value is -2.46. The van der Waals surface area contributed by atoms with Crippen molar-refractivity contribution in [3.8, 4) is 0 Å². The molecule has 0 bridgehead atoms. The van der Waals surface area contributed by atoms with E-state index in [1.54, 1.807) is 6.07 Å². The largest absolute Gasteiger partial charge is 0.457 e. The van der Waals surface area contributed by atoms with Gasteiger partial charge in [0.15, 0.2) is 5.76 Å². The Kier molecular flexibility index (Phi) is 4.02. The number of hydrogen-bond donors (Lipinski definition) is 1. The number of fused-ring (bicyclic) bond motifs is 1. The number of hydrogen-bond acceptors (Lipinski definition) is 3. The lowest BCUT2D eigenvalue weighted by Crippen LogP contribution is -2.22. The molecule has 112 valence electrons. The molecule has 3 aromatic rings. The highest BCUT2D eigenvalue weighted by molar-refractivity contribution is 7.91. The van der Waals surface area contributed by atoms with E-state index in [1.807, 2.05) is 48.5 Å². The number of benzene rings is 2. The molecule has 1 heterocycles. The van der Waals surface area contributed by atoms with Crippen LogP contribution in [0.4, 0.5) is 0 Å². The second-order valence-corrected chi connectivity index (χ2v) is 6.42. The Balaban J connectivity index is 1.69. The Morgan fingerprint density at radius 2 is 1.82 bits per heavy atom. The standard InChI is InChI=1S/C18H16NO2S/c1-22(2)15-9-7-13(8-10-15)12-19-18(20)17-11-14-5-3-4-6-16(14)21-17/h3-11H,1-2,12H2,(H,19,20)/q-1. The molecule has 0 fully saturated rings. The molecule has 0 spiro atoms. The Morgan fingerprint density at radius 3 is 2.50 bits per heavy atom. The molecule has 0 saturated carbocycles. The lowest BCUT2D eigenvalue weighted by molar-refractivity contribution is 0.0925. The Labute approximate surface area is 131 Å². The monoisotopic (exact) mass is 310 g/mol. The third kappa shape index (κ3) is 3.07. The number of rotatable bonds is 4. The van der Waals surface area contributed by atoms with Crippen LogP contribution in [0.15, 0.2) is 63.9 Å². The number of amides is 1. The quantitative estimate of drug-likeness (QED) is 0.594. The van der Waals surface area contributed by atoms with Crippen LogP contribution in [-0.4, -0.2) is 17.6 Å². The van der Waals surface area contributed by atoms with Crippen molar-refractivity contribution in [3.05, 3.63) is 65.9 Å². The highest BCUT2D eigenvalue weighted by atomic mass is 32.2. The molecule has 0 aliphatic carbocycles. The SMILES string of the molecule is C=[S-](=C)c1ccc(CNC(=O)c2cc3ccccc3o2)cc1. The van der Waals surface area contributed by atoms with Gasteiger partial charge in [0.1, 0.15) is 5.58 Å². The summed E-state index contributed by atoms with van der Waals surface area (Å²) in [6.07, 6.45) is 0. The average molecular weight is 310 g/mol. The van der Waals surface area contributed by atoms with Crippen LogP contribution < -0.4 is 5.32 Å². The zero-order valence-corrected chi connectivity index (χ0v) is 12.9. The molecule has 3 rings (SSSR count). The highest BCUT2D eigenvalue weighted by Gasteiger charge is 2.11. The fourth-order valence-corrected chi connectivity index (χ4v) is 2.68. The van der Waals surface area contributed by atoms with Gasteiger partial charge in [-0.25, -0.2) is 11.7 Å². The molecule has 1 aromatic heterocycles. The van der Waals surface area contributed by atoms with Crippen molar-refractivity contribution >= 4 is 38.7 Å². The first kappa shape index (κ1) is 14.5. The van der Waals surface area contributed by atoms with Gasteiger partial charge in [-0.05, 0) is 17.7 Å². The van der Waals surface area contributed by atoms with Crippen LogP contribution in [0.3, 0.4) is 0 Å². The molecule has 4 heteroatoms. The van der Waals surface area contributed by atoms with E-state index in [4.69, 9.17) is 4.42 Å². The highest BCUT2D eigenvalue weighted by Crippen LogP contribution is 2.18. The minimum Gasteiger partial charge on any atom is -0.457 e. The lowest BCUT2D eigenvalue weighted by Gasteiger charge is -2.09. The Morgan fingerprint density at radius 1 is 1.09 bits per heavy atom. The van der Waals surface area contributed by atoms with Crippen molar-refractivity contribution in [1.29, 1.82) is 0 Å². The summed E-state index contributed by atoms with van der Waals surface area (Å²) in [7, 11) is -0.241. The van der Waals surface area contributed by atoms with Crippen molar-refractivity contribution in [2.45, 2.75) is 11.4 Å². The van der Waals surface area contributed by atoms with Crippen molar-refractivity contribution in [2.75, 3.05) is 0 Å². The number of furan rings is 1. The summed E-state index contributed by atoms with van der Waals surface area (Å²) in [5.74, 6) is 7.93. The van der Waals surface area contributed by atoms with Crippen LogP contribution in [0.1, 0.15) is 16.1 Å². The van der Waals surface area contributed by atoms with Crippen LogP contribution in [0.5, 0.6) is 0 Å². The van der Waals surface area contributed by atoms with E-state index in [1.165, 1.54) is 0 Å². The van der Waals surface area contributed by atoms with E-state index >= 15 is 0 Å². The van der Waals surface area contributed by atoms with E-state index in [9.17, 15) is 4.79 Å². The first-order chi connectivity index (χ1) is 10.6. The third-order valence-electron chi connectivity index (χ3n) is 3.36. The Bertz CT molecular complexity index is 848. The molecule has 1 amide bonds. The van der Waals surface area contributed by atoms with Crippen molar-refractivity contribution in [3.63, 3.8) is 0 Å². The van der Waals surface area contributed by atoms with Crippen LogP contribution >= 0.6 is 0 Å². The van der Waals surface area contributed by atoms with Gasteiger partial charge in [-0.1, -0.05) is 42.5 Å². The second kappa shape index (κ2) is 6.12. The molecule has 2 aromatic carbocycles. The third-order valence-corrected chi connectivity index (χ3v) is 4.30. The van der Waals surface area contributed by atoms with Crippen LogP contribution in [-0.2, 0) is 16.6 Å². The van der Waals surface area contributed by atoms with Gasteiger partial charge >= 0.3 is 0 Å². The molecule has 0 aliphatic heterocycles. The molecule has 3 nitrogen and oxygen atoms in total.